The Morgan fingerprint density at radius 2 is 2.17 bits per heavy atom. The van der Waals surface area contributed by atoms with Gasteiger partial charge >= 0.3 is 0 Å². The standard InChI is InChI=1S/C16H21N3O2S.ClH/c1-11-18-13-4-3-12(9-14(13)22-11)19-15(20)16(10-21-2)5-7-17-8-6-16;/h3-4,9,17H,5-8,10H2,1-2H3,(H,19,20);1H. The molecule has 23 heavy (non-hydrogen) atoms. The molecule has 2 heterocycles. The Labute approximate surface area is 146 Å². The second kappa shape index (κ2) is 7.57. The van der Waals surface area contributed by atoms with Gasteiger partial charge < -0.3 is 15.4 Å². The molecule has 1 aliphatic rings. The number of nitrogens with one attached hydrogen (secondary N) is 2. The monoisotopic (exact) mass is 355 g/mol. The number of anilines is 1. The Bertz CT molecular complexity index is 678. The quantitative estimate of drug-likeness (QED) is 0.885. The molecule has 1 aliphatic heterocycles. The number of hydrogen-bond donors (Lipinski definition) is 2. The Kier molecular flexibility index (Phi) is 5.97. The molecule has 0 bridgehead atoms. The van der Waals surface area contributed by atoms with Gasteiger partial charge in [-0.25, -0.2) is 4.98 Å². The normalized spacial score (nSPS) is 16.8. The molecule has 1 aromatic carbocycles. The fourth-order valence-corrected chi connectivity index (χ4v) is 3.87. The first kappa shape index (κ1) is 18.1. The van der Waals surface area contributed by atoms with Crippen molar-refractivity contribution < 1.29 is 9.53 Å². The molecule has 1 aromatic heterocycles. The number of methoxy groups -OCH3 is 1. The average molecular weight is 356 g/mol. The summed E-state index contributed by atoms with van der Waals surface area (Å²) in [5.41, 5.74) is 1.38. The number of amides is 1. The highest BCUT2D eigenvalue weighted by molar-refractivity contribution is 7.18. The first-order valence-corrected chi connectivity index (χ1v) is 8.33. The number of aromatic nitrogens is 1. The molecule has 0 radical (unpaired) electrons. The molecule has 2 N–H and O–H groups in total. The summed E-state index contributed by atoms with van der Waals surface area (Å²) in [6, 6.07) is 5.88. The van der Waals surface area contributed by atoms with Gasteiger partial charge in [0, 0.05) is 12.8 Å². The number of halogens is 1. The van der Waals surface area contributed by atoms with Crippen LogP contribution in [0.15, 0.2) is 18.2 Å². The van der Waals surface area contributed by atoms with Crippen LogP contribution in [0.3, 0.4) is 0 Å². The summed E-state index contributed by atoms with van der Waals surface area (Å²) in [4.78, 5) is 17.2. The number of fused-ring (bicyclic) bond motifs is 1. The molecular weight excluding hydrogens is 334 g/mol. The minimum absolute atomic E-state index is 0. The predicted octanol–water partition coefficient (Wildman–Crippen LogP) is 2.98. The average Bonchev–Trinajstić information content (AvgIpc) is 2.88. The van der Waals surface area contributed by atoms with Gasteiger partial charge in [0.25, 0.3) is 0 Å². The van der Waals surface area contributed by atoms with Crippen molar-refractivity contribution in [3.05, 3.63) is 23.2 Å². The third-order valence-corrected chi connectivity index (χ3v) is 5.15. The zero-order valence-corrected chi connectivity index (χ0v) is 15.0. The highest BCUT2D eigenvalue weighted by Gasteiger charge is 2.39. The number of piperidine rings is 1. The molecule has 1 amide bonds. The number of carbonyl (C=O) groups excluding carboxylic acids is 1. The van der Waals surface area contributed by atoms with Gasteiger partial charge in [-0.1, -0.05) is 0 Å². The van der Waals surface area contributed by atoms with Crippen LogP contribution in [0.4, 0.5) is 5.69 Å². The van der Waals surface area contributed by atoms with Crippen molar-refractivity contribution in [3.63, 3.8) is 0 Å². The Morgan fingerprint density at radius 3 is 2.87 bits per heavy atom. The summed E-state index contributed by atoms with van der Waals surface area (Å²) in [5.74, 6) is 0.0523. The third-order valence-electron chi connectivity index (χ3n) is 4.22. The predicted molar refractivity (Wildman–Crippen MR) is 96.6 cm³/mol. The number of nitrogens with zero attached hydrogens (tertiary/aromatic N) is 1. The second-order valence-corrected chi connectivity index (χ2v) is 7.07. The lowest BCUT2D eigenvalue weighted by Crippen LogP contribution is -2.47. The van der Waals surface area contributed by atoms with Gasteiger partial charge in [0.2, 0.25) is 5.91 Å². The molecule has 0 unspecified atom stereocenters. The maximum absolute atomic E-state index is 12.8. The summed E-state index contributed by atoms with van der Waals surface area (Å²) in [6.45, 7) is 4.15. The van der Waals surface area contributed by atoms with Gasteiger partial charge in [-0.2, -0.15) is 0 Å². The molecule has 7 heteroatoms. The van der Waals surface area contributed by atoms with Crippen LogP contribution in [0.2, 0.25) is 0 Å². The summed E-state index contributed by atoms with van der Waals surface area (Å²) >= 11 is 1.64. The van der Waals surface area contributed by atoms with Gasteiger partial charge in [0.1, 0.15) is 0 Å². The number of carbonyl (C=O) groups is 1. The second-order valence-electron chi connectivity index (χ2n) is 5.83. The van der Waals surface area contributed by atoms with Gasteiger partial charge in [-0.05, 0) is 51.1 Å². The van der Waals surface area contributed by atoms with Gasteiger partial charge in [-0.3, -0.25) is 4.79 Å². The van der Waals surface area contributed by atoms with Gasteiger partial charge in [-0.15, -0.1) is 23.7 Å². The SMILES string of the molecule is COCC1(C(=O)Nc2ccc3nc(C)sc3c2)CCNCC1.Cl. The van der Waals surface area contributed by atoms with Crippen LogP contribution in [0.5, 0.6) is 0 Å². The van der Waals surface area contributed by atoms with E-state index in [0.717, 1.165) is 46.8 Å². The molecule has 5 nitrogen and oxygen atoms in total. The molecule has 2 aromatic rings. The van der Waals surface area contributed by atoms with E-state index in [1.807, 2.05) is 25.1 Å². The number of hydrogen-bond acceptors (Lipinski definition) is 5. The highest BCUT2D eigenvalue weighted by atomic mass is 35.5. The maximum atomic E-state index is 12.8. The molecule has 0 saturated carbocycles. The maximum Gasteiger partial charge on any atom is 0.233 e. The van der Waals surface area contributed by atoms with Crippen LogP contribution in [-0.4, -0.2) is 37.7 Å². The van der Waals surface area contributed by atoms with E-state index in [-0.39, 0.29) is 18.3 Å². The molecule has 1 fully saturated rings. The third kappa shape index (κ3) is 3.83. The van der Waals surface area contributed by atoms with Crippen LogP contribution >= 0.6 is 23.7 Å². The lowest BCUT2D eigenvalue weighted by atomic mass is 9.78. The van der Waals surface area contributed by atoms with E-state index in [2.05, 4.69) is 15.6 Å². The van der Waals surface area contributed by atoms with E-state index >= 15 is 0 Å². The Hall–Kier alpha value is -1.21. The van der Waals surface area contributed by atoms with Crippen LogP contribution in [0, 0.1) is 12.3 Å². The summed E-state index contributed by atoms with van der Waals surface area (Å²) in [6.07, 6.45) is 1.60. The van der Waals surface area contributed by atoms with E-state index in [4.69, 9.17) is 4.74 Å². The topological polar surface area (TPSA) is 63.2 Å². The van der Waals surface area contributed by atoms with E-state index in [9.17, 15) is 4.79 Å². The van der Waals surface area contributed by atoms with Crippen LogP contribution in [0.25, 0.3) is 10.2 Å². The molecule has 0 aliphatic carbocycles. The summed E-state index contributed by atoms with van der Waals surface area (Å²) < 4.78 is 6.42. The largest absolute Gasteiger partial charge is 0.384 e. The fourth-order valence-electron chi connectivity index (χ4n) is 3.00. The number of rotatable bonds is 4. The van der Waals surface area contributed by atoms with Crippen molar-refractivity contribution in [1.82, 2.24) is 10.3 Å². The smallest absolute Gasteiger partial charge is 0.233 e. The Balaban J connectivity index is 0.00000192. The van der Waals surface area contributed by atoms with Crippen molar-refractivity contribution in [1.29, 1.82) is 0 Å². The van der Waals surface area contributed by atoms with Crippen molar-refractivity contribution in [2.75, 3.05) is 32.1 Å². The first-order chi connectivity index (χ1) is 10.6. The minimum atomic E-state index is -0.432. The van der Waals surface area contributed by atoms with Gasteiger partial charge in [0.05, 0.1) is 27.2 Å². The molecular formula is C16H22ClN3O2S. The lowest BCUT2D eigenvalue weighted by molar-refractivity contribution is -0.130. The zero-order valence-electron chi connectivity index (χ0n) is 13.3. The van der Waals surface area contributed by atoms with Gasteiger partial charge in [0.15, 0.2) is 0 Å². The van der Waals surface area contributed by atoms with Crippen molar-refractivity contribution in [3.8, 4) is 0 Å². The minimum Gasteiger partial charge on any atom is -0.384 e. The number of thiazole rings is 1. The van der Waals surface area contributed by atoms with E-state index in [1.165, 1.54) is 0 Å². The van der Waals surface area contributed by atoms with Crippen LogP contribution in [0.1, 0.15) is 17.8 Å². The van der Waals surface area contributed by atoms with Crippen LogP contribution in [-0.2, 0) is 9.53 Å². The highest BCUT2D eigenvalue weighted by Crippen LogP contribution is 2.32. The van der Waals surface area contributed by atoms with Crippen molar-refractivity contribution >= 4 is 45.6 Å². The molecule has 1 saturated heterocycles. The zero-order chi connectivity index (χ0) is 15.6. The van der Waals surface area contributed by atoms with E-state index < -0.39 is 5.41 Å². The van der Waals surface area contributed by atoms with E-state index in [0.29, 0.717) is 6.61 Å². The number of aryl methyl sites for hydroxylation is 1. The molecule has 0 spiro atoms. The summed E-state index contributed by atoms with van der Waals surface area (Å²) in [7, 11) is 1.66. The number of ether oxygens (including phenoxy) is 1. The summed E-state index contributed by atoms with van der Waals surface area (Å²) in [5, 5.41) is 7.41. The van der Waals surface area contributed by atoms with E-state index in [1.54, 1.807) is 18.4 Å². The fraction of sp³-hybridized carbons (Fsp3) is 0.500. The van der Waals surface area contributed by atoms with Crippen LogP contribution < -0.4 is 10.6 Å². The molecule has 3 rings (SSSR count). The molecule has 126 valence electrons. The first-order valence-electron chi connectivity index (χ1n) is 7.51. The molecule has 0 atom stereocenters. The lowest BCUT2D eigenvalue weighted by Gasteiger charge is -2.35. The Morgan fingerprint density at radius 1 is 1.43 bits per heavy atom. The van der Waals surface area contributed by atoms with Crippen molar-refractivity contribution in [2.24, 2.45) is 5.41 Å². The van der Waals surface area contributed by atoms with Crippen molar-refractivity contribution in [2.45, 2.75) is 19.8 Å². The number of benzene rings is 1.